The second-order valence-electron chi connectivity index (χ2n) is 8.21. The minimum atomic E-state index is 0.867. The van der Waals surface area contributed by atoms with E-state index in [-0.39, 0.29) is 0 Å². The number of nitrogens with zero attached hydrogens (tertiary/aromatic N) is 1. The molecule has 0 radical (unpaired) electrons. The molecule has 1 aliphatic carbocycles. The minimum Gasteiger partial charge on any atom is -0.247 e. The molecule has 1 aliphatic heterocycles. The molecule has 0 spiro atoms. The van der Waals surface area contributed by atoms with Crippen molar-refractivity contribution in [1.82, 2.24) is 0 Å². The van der Waals surface area contributed by atoms with Crippen molar-refractivity contribution in [3.05, 3.63) is 76.3 Å². The van der Waals surface area contributed by atoms with Gasteiger partial charge >= 0.3 is 0 Å². The van der Waals surface area contributed by atoms with E-state index in [1.165, 1.54) is 70.7 Å². The molecule has 3 aromatic rings. The maximum atomic E-state index is 5.04. The number of hydrogen-bond donors (Lipinski definition) is 0. The molecule has 1 heteroatoms. The van der Waals surface area contributed by atoms with Crippen molar-refractivity contribution < 1.29 is 0 Å². The highest BCUT2D eigenvalue weighted by Crippen LogP contribution is 2.39. The molecule has 2 aliphatic rings. The molecule has 26 heavy (non-hydrogen) atoms. The molecule has 0 bridgehead atoms. The molecular weight excluding hydrogens is 314 g/mol. The van der Waals surface area contributed by atoms with Gasteiger partial charge in [0.25, 0.3) is 0 Å². The van der Waals surface area contributed by atoms with Crippen molar-refractivity contribution in [3.8, 4) is 0 Å². The van der Waals surface area contributed by atoms with Crippen LogP contribution in [0.4, 0.5) is 5.69 Å². The van der Waals surface area contributed by atoms with Crippen molar-refractivity contribution in [1.29, 1.82) is 0 Å². The lowest BCUT2D eigenvalue weighted by molar-refractivity contribution is 0.547. The van der Waals surface area contributed by atoms with Gasteiger partial charge in [0.15, 0.2) is 0 Å². The van der Waals surface area contributed by atoms with E-state index in [4.69, 9.17) is 4.99 Å². The summed E-state index contributed by atoms with van der Waals surface area (Å²) >= 11 is 0. The van der Waals surface area contributed by atoms with Crippen molar-refractivity contribution in [3.63, 3.8) is 0 Å². The first-order valence-electron chi connectivity index (χ1n) is 9.91. The van der Waals surface area contributed by atoms with Crippen LogP contribution in [0.15, 0.2) is 53.5 Å². The van der Waals surface area contributed by atoms with Gasteiger partial charge in [-0.25, -0.2) is 4.99 Å². The maximum Gasteiger partial charge on any atom is 0.0789 e. The quantitative estimate of drug-likeness (QED) is 0.395. The molecule has 3 aromatic carbocycles. The molecule has 0 unspecified atom stereocenters. The molecule has 130 valence electrons. The normalized spacial score (nSPS) is 16.5. The highest BCUT2D eigenvalue weighted by atomic mass is 14.8. The van der Waals surface area contributed by atoms with E-state index in [2.05, 4.69) is 62.4 Å². The fraction of sp³-hybridized carbons (Fsp3) is 0.320. The van der Waals surface area contributed by atoms with Crippen LogP contribution in [0.25, 0.3) is 10.8 Å². The molecule has 1 fully saturated rings. The summed E-state index contributed by atoms with van der Waals surface area (Å²) in [6.07, 6.45) is 6.82. The van der Waals surface area contributed by atoms with Gasteiger partial charge in [-0.2, -0.15) is 0 Å². The molecular formula is C25H25N. The number of aliphatic imine (C=N–C) groups is 1. The van der Waals surface area contributed by atoms with Gasteiger partial charge in [0.05, 0.1) is 11.4 Å². The lowest BCUT2D eigenvalue weighted by Gasteiger charge is -2.13. The third-order valence-corrected chi connectivity index (χ3v) is 6.00. The van der Waals surface area contributed by atoms with Crippen LogP contribution in [0, 0.1) is 19.8 Å². The Labute approximate surface area is 155 Å². The second kappa shape index (κ2) is 6.09. The lowest BCUT2D eigenvalue weighted by atomic mass is 9.91. The Morgan fingerprint density at radius 2 is 1.69 bits per heavy atom. The highest BCUT2D eigenvalue weighted by Gasteiger charge is 2.22. The summed E-state index contributed by atoms with van der Waals surface area (Å²) in [6, 6.07) is 18.2. The Morgan fingerprint density at radius 3 is 2.46 bits per heavy atom. The second-order valence-corrected chi connectivity index (χ2v) is 8.21. The van der Waals surface area contributed by atoms with Crippen LogP contribution in [-0.2, 0) is 6.42 Å². The Bertz CT molecular complexity index is 1020. The smallest absolute Gasteiger partial charge is 0.0789 e. The van der Waals surface area contributed by atoms with Crippen LogP contribution in [0.1, 0.15) is 53.5 Å². The van der Waals surface area contributed by atoms with Gasteiger partial charge in [-0.05, 0) is 61.4 Å². The molecule has 5 rings (SSSR count). The van der Waals surface area contributed by atoms with E-state index in [9.17, 15) is 0 Å². The summed E-state index contributed by atoms with van der Waals surface area (Å²) in [5.74, 6) is 0.867. The van der Waals surface area contributed by atoms with Gasteiger partial charge in [0.1, 0.15) is 0 Å². The van der Waals surface area contributed by atoms with Crippen molar-refractivity contribution in [2.24, 2.45) is 10.9 Å². The molecule has 0 amide bonds. The fourth-order valence-electron chi connectivity index (χ4n) is 4.93. The first kappa shape index (κ1) is 15.8. The Morgan fingerprint density at radius 1 is 0.923 bits per heavy atom. The van der Waals surface area contributed by atoms with E-state index in [1.54, 1.807) is 0 Å². The van der Waals surface area contributed by atoms with E-state index in [0.717, 1.165) is 17.3 Å². The van der Waals surface area contributed by atoms with Crippen LogP contribution in [-0.4, -0.2) is 5.71 Å². The monoisotopic (exact) mass is 339 g/mol. The first-order chi connectivity index (χ1) is 12.7. The minimum absolute atomic E-state index is 0.867. The summed E-state index contributed by atoms with van der Waals surface area (Å²) in [7, 11) is 0. The van der Waals surface area contributed by atoms with Gasteiger partial charge in [-0.15, -0.1) is 0 Å². The predicted octanol–water partition coefficient (Wildman–Crippen LogP) is 6.67. The Kier molecular flexibility index (Phi) is 3.70. The average molecular weight is 339 g/mol. The Hall–Kier alpha value is -2.41. The molecule has 1 saturated carbocycles. The third kappa shape index (κ3) is 2.67. The number of benzene rings is 3. The summed E-state index contributed by atoms with van der Waals surface area (Å²) in [5, 5.41) is 2.67. The van der Waals surface area contributed by atoms with Gasteiger partial charge in [0.2, 0.25) is 0 Å². The predicted molar refractivity (Wildman–Crippen MR) is 111 cm³/mol. The van der Waals surface area contributed by atoms with Crippen LogP contribution in [0.2, 0.25) is 0 Å². The SMILES string of the molecule is Cc1cc(C)cc(C2=Nc3cccc4cc(CC5CCCC5)cc2c34)c1. The molecule has 0 aromatic heterocycles. The van der Waals surface area contributed by atoms with Crippen molar-refractivity contribution >= 4 is 22.2 Å². The first-order valence-corrected chi connectivity index (χ1v) is 9.91. The van der Waals surface area contributed by atoms with Crippen molar-refractivity contribution in [2.45, 2.75) is 46.0 Å². The van der Waals surface area contributed by atoms with Gasteiger partial charge < -0.3 is 0 Å². The number of aryl methyl sites for hydroxylation is 2. The van der Waals surface area contributed by atoms with Crippen molar-refractivity contribution in [2.75, 3.05) is 0 Å². The summed E-state index contributed by atoms with van der Waals surface area (Å²) in [6.45, 7) is 4.34. The van der Waals surface area contributed by atoms with E-state index in [1.807, 2.05) is 0 Å². The van der Waals surface area contributed by atoms with Crippen LogP contribution >= 0.6 is 0 Å². The topological polar surface area (TPSA) is 12.4 Å². The standard InChI is InChI=1S/C25H25N/c1-16-10-17(2)12-21(11-16)25-22-15-19(13-18-6-3-4-7-18)14-20-8-5-9-23(26-25)24(20)22/h5,8-12,14-15,18H,3-4,6-7,13H2,1-2H3. The molecule has 0 atom stereocenters. The van der Waals surface area contributed by atoms with E-state index >= 15 is 0 Å². The summed E-state index contributed by atoms with van der Waals surface area (Å²) in [5.41, 5.74) is 8.94. The van der Waals surface area contributed by atoms with Crippen LogP contribution in [0.3, 0.4) is 0 Å². The lowest BCUT2D eigenvalue weighted by Crippen LogP contribution is -2.04. The zero-order chi connectivity index (χ0) is 17.7. The molecule has 0 N–H and O–H groups in total. The largest absolute Gasteiger partial charge is 0.247 e. The Balaban J connectivity index is 1.65. The summed E-state index contributed by atoms with van der Waals surface area (Å²) in [4.78, 5) is 5.04. The average Bonchev–Trinajstić information content (AvgIpc) is 3.23. The molecule has 1 nitrogen and oxygen atoms in total. The fourth-order valence-corrected chi connectivity index (χ4v) is 4.93. The van der Waals surface area contributed by atoms with Gasteiger partial charge in [-0.1, -0.05) is 61.1 Å². The van der Waals surface area contributed by atoms with Gasteiger partial charge in [0, 0.05) is 16.5 Å². The van der Waals surface area contributed by atoms with Crippen LogP contribution in [0.5, 0.6) is 0 Å². The summed E-state index contributed by atoms with van der Waals surface area (Å²) < 4.78 is 0. The highest BCUT2D eigenvalue weighted by molar-refractivity contribution is 6.26. The third-order valence-electron chi connectivity index (χ3n) is 6.00. The molecule has 0 saturated heterocycles. The maximum absolute atomic E-state index is 5.04. The number of hydrogen-bond acceptors (Lipinski definition) is 1. The zero-order valence-corrected chi connectivity index (χ0v) is 15.7. The zero-order valence-electron chi connectivity index (χ0n) is 15.7. The van der Waals surface area contributed by atoms with E-state index in [0.29, 0.717) is 0 Å². The van der Waals surface area contributed by atoms with E-state index < -0.39 is 0 Å². The van der Waals surface area contributed by atoms with Crippen LogP contribution < -0.4 is 0 Å². The molecule has 1 heterocycles. The number of rotatable bonds is 3. The van der Waals surface area contributed by atoms with Gasteiger partial charge in [-0.3, -0.25) is 0 Å².